The topological polar surface area (TPSA) is 77.8 Å². The Balaban J connectivity index is 1.57. The molecule has 6 nitrogen and oxygen atoms in total. The van der Waals surface area contributed by atoms with Gasteiger partial charge >= 0.3 is 0 Å². The molecule has 0 aliphatic heterocycles. The van der Waals surface area contributed by atoms with Gasteiger partial charge in [-0.3, -0.25) is 0 Å². The molecule has 0 aliphatic carbocycles. The third-order valence-corrected chi connectivity index (χ3v) is 4.89. The lowest BCUT2D eigenvalue weighted by Gasteiger charge is -2.11. The van der Waals surface area contributed by atoms with Crippen LogP contribution in [0.2, 0.25) is 0 Å². The van der Waals surface area contributed by atoms with Crippen LogP contribution in [0.1, 0.15) is 26.6 Å². The lowest BCUT2D eigenvalue weighted by Crippen LogP contribution is -2.12. The summed E-state index contributed by atoms with van der Waals surface area (Å²) in [5.74, 6) is 1.73. The summed E-state index contributed by atoms with van der Waals surface area (Å²) in [6, 6.07) is 9.65. The molecule has 122 valence electrons. The summed E-state index contributed by atoms with van der Waals surface area (Å²) in [5, 5.41) is 9.53. The molecule has 24 heavy (non-hydrogen) atoms. The van der Waals surface area contributed by atoms with Crippen LogP contribution < -0.4 is 0 Å². The largest absolute Gasteiger partial charge is 0.451 e. The van der Waals surface area contributed by atoms with Crippen molar-refractivity contribution in [2.75, 3.05) is 0 Å². The predicted octanol–water partition coefficient (Wildman–Crippen LogP) is 4.78. The number of fused-ring (bicyclic) bond motifs is 1. The van der Waals surface area contributed by atoms with Crippen LogP contribution >= 0.6 is 23.3 Å². The Hall–Kier alpha value is -2.19. The Morgan fingerprint density at radius 1 is 1.08 bits per heavy atom. The van der Waals surface area contributed by atoms with Crippen molar-refractivity contribution in [3.63, 3.8) is 0 Å². The van der Waals surface area contributed by atoms with Crippen molar-refractivity contribution in [3.05, 3.63) is 36.2 Å². The number of nitrogens with zero attached hydrogens (tertiary/aromatic N) is 4. The second kappa shape index (κ2) is 5.71. The smallest absolute Gasteiger partial charge is 0.284 e. The standard InChI is InChI=1S/C16H14N4O2S2/c1-16(2,3)13-17-15(24-20-13)23-14-19-18-12(22-14)11-8-9-6-4-5-7-10(9)21-11/h4-8H,1-3H3. The molecular formula is C16H14N4O2S2. The molecule has 0 spiro atoms. The Morgan fingerprint density at radius 3 is 2.67 bits per heavy atom. The summed E-state index contributed by atoms with van der Waals surface area (Å²) in [6.45, 7) is 6.24. The normalized spacial score (nSPS) is 12.1. The molecule has 4 aromatic rings. The highest BCUT2D eigenvalue weighted by Gasteiger charge is 2.21. The van der Waals surface area contributed by atoms with E-state index < -0.39 is 0 Å². The summed E-state index contributed by atoms with van der Waals surface area (Å²) in [5.41, 5.74) is 0.711. The van der Waals surface area contributed by atoms with Crippen LogP contribution in [-0.4, -0.2) is 19.6 Å². The van der Waals surface area contributed by atoms with Gasteiger partial charge in [0.2, 0.25) is 0 Å². The van der Waals surface area contributed by atoms with E-state index in [-0.39, 0.29) is 5.41 Å². The Bertz CT molecular complexity index is 964. The quantitative estimate of drug-likeness (QED) is 0.521. The van der Waals surface area contributed by atoms with Crippen molar-refractivity contribution in [1.29, 1.82) is 0 Å². The molecule has 0 amide bonds. The third-order valence-electron chi connectivity index (χ3n) is 3.30. The number of rotatable bonds is 3. The third kappa shape index (κ3) is 2.94. The summed E-state index contributed by atoms with van der Waals surface area (Å²) in [4.78, 5) is 4.51. The van der Waals surface area contributed by atoms with Gasteiger partial charge in [-0.25, -0.2) is 4.98 Å². The summed E-state index contributed by atoms with van der Waals surface area (Å²) >= 11 is 2.64. The molecule has 1 aromatic carbocycles. The van der Waals surface area contributed by atoms with Crippen LogP contribution in [0, 0.1) is 0 Å². The molecule has 0 radical (unpaired) electrons. The van der Waals surface area contributed by atoms with Gasteiger partial charge in [0.05, 0.1) is 0 Å². The molecule has 0 unspecified atom stereocenters. The number of furan rings is 1. The minimum atomic E-state index is -0.0798. The zero-order valence-corrected chi connectivity index (χ0v) is 14.9. The zero-order chi connectivity index (χ0) is 16.7. The van der Waals surface area contributed by atoms with Crippen LogP contribution in [-0.2, 0) is 5.41 Å². The average molecular weight is 358 g/mol. The molecule has 0 bridgehead atoms. The van der Waals surface area contributed by atoms with Crippen LogP contribution in [0.3, 0.4) is 0 Å². The van der Waals surface area contributed by atoms with Gasteiger partial charge in [-0.1, -0.05) is 39.0 Å². The lowest BCUT2D eigenvalue weighted by molar-refractivity contribution is 0.451. The molecule has 0 N–H and O–H groups in total. The Morgan fingerprint density at radius 2 is 1.92 bits per heavy atom. The first-order valence-electron chi connectivity index (χ1n) is 7.33. The van der Waals surface area contributed by atoms with E-state index in [0.717, 1.165) is 21.1 Å². The highest BCUT2D eigenvalue weighted by molar-refractivity contribution is 8.00. The minimum Gasteiger partial charge on any atom is -0.451 e. The number of hydrogen-bond acceptors (Lipinski definition) is 8. The molecule has 0 fully saturated rings. The second-order valence-corrected chi connectivity index (χ2v) is 8.21. The van der Waals surface area contributed by atoms with Gasteiger partial charge in [0.15, 0.2) is 10.1 Å². The van der Waals surface area contributed by atoms with Gasteiger partial charge in [0.1, 0.15) is 11.4 Å². The van der Waals surface area contributed by atoms with E-state index in [0.29, 0.717) is 16.9 Å². The van der Waals surface area contributed by atoms with E-state index in [1.54, 1.807) is 0 Å². The molecule has 3 aromatic heterocycles. The average Bonchev–Trinajstić information content (AvgIpc) is 3.25. The monoisotopic (exact) mass is 358 g/mol. The number of hydrogen-bond donors (Lipinski definition) is 0. The van der Waals surface area contributed by atoms with E-state index in [4.69, 9.17) is 8.83 Å². The minimum absolute atomic E-state index is 0.0798. The Kier molecular flexibility index (Phi) is 3.65. The van der Waals surface area contributed by atoms with Gasteiger partial charge in [-0.05, 0) is 23.7 Å². The maximum Gasteiger partial charge on any atom is 0.284 e. The molecule has 4 rings (SSSR count). The first-order valence-corrected chi connectivity index (χ1v) is 8.92. The van der Waals surface area contributed by atoms with Crippen molar-refractivity contribution >= 4 is 34.3 Å². The number of benzene rings is 1. The van der Waals surface area contributed by atoms with Crippen molar-refractivity contribution in [1.82, 2.24) is 19.6 Å². The fourth-order valence-corrected chi connectivity index (χ4v) is 3.63. The van der Waals surface area contributed by atoms with Crippen molar-refractivity contribution < 1.29 is 8.83 Å². The van der Waals surface area contributed by atoms with Gasteiger partial charge in [0, 0.05) is 22.6 Å². The van der Waals surface area contributed by atoms with Crippen molar-refractivity contribution in [2.24, 2.45) is 0 Å². The van der Waals surface area contributed by atoms with Gasteiger partial charge < -0.3 is 8.83 Å². The van der Waals surface area contributed by atoms with Crippen LogP contribution in [0.5, 0.6) is 0 Å². The SMILES string of the molecule is CC(C)(C)c1nsc(Sc2nnc(-c3cc4ccccc4o3)o2)n1. The number of para-hydroxylation sites is 1. The highest BCUT2D eigenvalue weighted by atomic mass is 32.2. The first kappa shape index (κ1) is 15.3. The van der Waals surface area contributed by atoms with E-state index in [1.165, 1.54) is 23.3 Å². The maximum absolute atomic E-state index is 5.74. The molecule has 0 saturated carbocycles. The first-order chi connectivity index (χ1) is 11.5. The molecule has 0 saturated heterocycles. The second-order valence-electron chi connectivity index (χ2n) is 6.26. The van der Waals surface area contributed by atoms with Gasteiger partial charge in [-0.15, -0.1) is 10.2 Å². The number of aromatic nitrogens is 4. The predicted molar refractivity (Wildman–Crippen MR) is 92.2 cm³/mol. The van der Waals surface area contributed by atoms with Crippen LogP contribution in [0.4, 0.5) is 0 Å². The molecule has 8 heteroatoms. The van der Waals surface area contributed by atoms with Gasteiger partial charge in [-0.2, -0.15) is 4.37 Å². The van der Waals surface area contributed by atoms with E-state index in [2.05, 4.69) is 40.3 Å². The van der Waals surface area contributed by atoms with Crippen molar-refractivity contribution in [2.45, 2.75) is 35.7 Å². The summed E-state index contributed by atoms with van der Waals surface area (Å²) in [7, 11) is 0. The van der Waals surface area contributed by atoms with Crippen molar-refractivity contribution in [3.8, 4) is 11.7 Å². The van der Waals surface area contributed by atoms with Gasteiger partial charge in [0.25, 0.3) is 11.1 Å². The highest BCUT2D eigenvalue weighted by Crippen LogP contribution is 2.33. The van der Waals surface area contributed by atoms with Crippen LogP contribution in [0.15, 0.2) is 48.7 Å². The maximum atomic E-state index is 5.74. The zero-order valence-electron chi connectivity index (χ0n) is 13.3. The molecular weight excluding hydrogens is 344 g/mol. The fraction of sp³-hybridized carbons (Fsp3) is 0.250. The summed E-state index contributed by atoms with van der Waals surface area (Å²) in [6.07, 6.45) is 0. The fourth-order valence-electron chi connectivity index (χ4n) is 2.07. The van der Waals surface area contributed by atoms with E-state index in [1.807, 2.05) is 30.3 Å². The van der Waals surface area contributed by atoms with E-state index >= 15 is 0 Å². The lowest BCUT2D eigenvalue weighted by atomic mass is 9.96. The summed E-state index contributed by atoms with van der Waals surface area (Å²) < 4.78 is 16.6. The van der Waals surface area contributed by atoms with Crippen LogP contribution in [0.25, 0.3) is 22.6 Å². The Labute approximate surface area is 146 Å². The van der Waals surface area contributed by atoms with E-state index in [9.17, 15) is 0 Å². The molecule has 3 heterocycles. The molecule has 0 atom stereocenters. The molecule has 0 aliphatic rings.